The Bertz CT molecular complexity index is 360. The van der Waals surface area contributed by atoms with Crippen molar-refractivity contribution in [1.29, 1.82) is 0 Å². The molecule has 1 atom stereocenters. The van der Waals surface area contributed by atoms with Gasteiger partial charge in [0.05, 0.1) is 19.3 Å². The van der Waals surface area contributed by atoms with Gasteiger partial charge in [-0.3, -0.25) is 4.79 Å². The van der Waals surface area contributed by atoms with Gasteiger partial charge in [0.1, 0.15) is 0 Å². The van der Waals surface area contributed by atoms with Crippen LogP contribution >= 0.6 is 0 Å². The molecule has 2 N–H and O–H groups in total. The van der Waals surface area contributed by atoms with Crippen molar-refractivity contribution in [3.8, 4) is 0 Å². The second-order valence-electron chi connectivity index (χ2n) is 3.84. The predicted molar refractivity (Wildman–Crippen MR) is 74.8 cm³/mol. The average Bonchev–Trinajstić information content (AvgIpc) is 2.41. The molecule has 4 nitrogen and oxygen atoms in total. The topological polar surface area (TPSA) is 66.8 Å². The maximum Gasteiger partial charge on any atom is 0.303 e. The van der Waals surface area contributed by atoms with Gasteiger partial charge in [-0.15, -0.1) is 0 Å². The highest BCUT2D eigenvalue weighted by Crippen LogP contribution is 2.01. The van der Waals surface area contributed by atoms with Crippen LogP contribution in [-0.4, -0.2) is 28.9 Å². The zero-order chi connectivity index (χ0) is 14.5. The molecule has 0 aliphatic rings. The lowest BCUT2D eigenvalue weighted by Crippen LogP contribution is -2.11. The van der Waals surface area contributed by atoms with Crippen molar-refractivity contribution in [3.63, 3.8) is 0 Å². The van der Waals surface area contributed by atoms with Gasteiger partial charge in [0.15, 0.2) is 0 Å². The highest BCUT2D eigenvalue weighted by Gasteiger charge is 1.98. The van der Waals surface area contributed by atoms with E-state index < -0.39 is 12.1 Å². The van der Waals surface area contributed by atoms with Crippen LogP contribution in [0.15, 0.2) is 42.5 Å². The molecule has 1 aromatic rings. The van der Waals surface area contributed by atoms with Crippen molar-refractivity contribution in [3.05, 3.63) is 48.0 Å². The Labute approximate surface area is 114 Å². The molecule has 0 fully saturated rings. The number of carbonyl (C=O) groups is 1. The fraction of sp³-hybridized carbons (Fsp3) is 0.400. The van der Waals surface area contributed by atoms with Gasteiger partial charge in [0.2, 0.25) is 0 Å². The van der Waals surface area contributed by atoms with E-state index in [0.717, 1.165) is 5.56 Å². The van der Waals surface area contributed by atoms with E-state index in [1.54, 1.807) is 13.0 Å². The summed E-state index contributed by atoms with van der Waals surface area (Å²) >= 11 is 0. The summed E-state index contributed by atoms with van der Waals surface area (Å²) in [4.78, 5) is 9.37. The summed E-state index contributed by atoms with van der Waals surface area (Å²) in [5, 5.41) is 17.0. The molecule has 0 radical (unpaired) electrons. The number of aliphatic hydroxyl groups excluding tert-OH is 1. The summed E-state index contributed by atoms with van der Waals surface area (Å²) < 4.78 is 5.33. The van der Waals surface area contributed by atoms with Crippen LogP contribution in [0.1, 0.15) is 25.8 Å². The zero-order valence-electron chi connectivity index (χ0n) is 11.5. The molecule has 0 bridgehead atoms. The first kappa shape index (κ1) is 17.4. The first-order chi connectivity index (χ1) is 9.10. The number of benzene rings is 1. The summed E-state index contributed by atoms with van der Waals surface area (Å²) in [7, 11) is 0. The third kappa shape index (κ3) is 11.2. The first-order valence-corrected chi connectivity index (χ1v) is 6.24. The van der Waals surface area contributed by atoms with Gasteiger partial charge in [-0.05, 0) is 12.5 Å². The normalized spacial score (nSPS) is 11.7. The van der Waals surface area contributed by atoms with Crippen molar-refractivity contribution in [2.24, 2.45) is 0 Å². The maximum absolute atomic E-state index is 9.37. The van der Waals surface area contributed by atoms with Crippen LogP contribution in [0.5, 0.6) is 0 Å². The Hall–Kier alpha value is -1.65. The Balaban J connectivity index is 0.000000555. The second kappa shape index (κ2) is 11.4. The molecule has 0 spiro atoms. The quantitative estimate of drug-likeness (QED) is 0.777. The fourth-order valence-corrected chi connectivity index (χ4v) is 1.15. The molecule has 4 heteroatoms. The highest BCUT2D eigenvalue weighted by atomic mass is 16.5. The molecule has 0 saturated carbocycles. The van der Waals surface area contributed by atoms with Gasteiger partial charge in [-0.2, -0.15) is 0 Å². The Morgan fingerprint density at radius 1 is 1.37 bits per heavy atom. The predicted octanol–water partition coefficient (Wildman–Crippen LogP) is 2.62. The largest absolute Gasteiger partial charge is 0.481 e. The zero-order valence-corrected chi connectivity index (χ0v) is 11.5. The number of ether oxygens (including phenoxy) is 1. The number of hydrogen-bond acceptors (Lipinski definition) is 3. The standard InChI is InChI=1S/C12H16O2.C3H6O2/c1-2-6-12(13)10-14-9-11-7-4-3-5-8-11;1-2-3(4)5/h2-8,12-13H,9-10H2,1H3;2H2,1H3,(H,4,5)/t12-;/m1./s1. The van der Waals surface area contributed by atoms with Crippen LogP contribution in [0.4, 0.5) is 0 Å². The van der Waals surface area contributed by atoms with Crippen molar-refractivity contribution in [1.82, 2.24) is 0 Å². The van der Waals surface area contributed by atoms with Gasteiger partial charge in [-0.25, -0.2) is 0 Å². The van der Waals surface area contributed by atoms with Crippen LogP contribution < -0.4 is 0 Å². The first-order valence-electron chi connectivity index (χ1n) is 6.24. The smallest absolute Gasteiger partial charge is 0.303 e. The number of carboxylic acid groups (broad SMARTS) is 1. The summed E-state index contributed by atoms with van der Waals surface area (Å²) in [6.07, 6.45) is 3.25. The lowest BCUT2D eigenvalue weighted by Gasteiger charge is -2.06. The number of allylic oxidation sites excluding steroid dienone is 1. The van der Waals surface area contributed by atoms with E-state index in [2.05, 4.69) is 0 Å². The van der Waals surface area contributed by atoms with E-state index in [4.69, 9.17) is 9.84 Å². The molecule has 0 aromatic heterocycles. The number of hydrogen-bond donors (Lipinski definition) is 2. The van der Waals surface area contributed by atoms with E-state index in [0.29, 0.717) is 13.2 Å². The molecule has 106 valence electrons. The Kier molecular flexibility index (Phi) is 10.4. The lowest BCUT2D eigenvalue weighted by molar-refractivity contribution is -0.136. The van der Waals surface area contributed by atoms with Gasteiger partial charge >= 0.3 is 5.97 Å². The Morgan fingerprint density at radius 2 is 1.95 bits per heavy atom. The number of aliphatic hydroxyl groups is 1. The SMILES string of the molecule is CC=C[C@@H](O)COCc1ccccc1.CCC(=O)O. The van der Waals surface area contributed by atoms with Crippen LogP contribution in [-0.2, 0) is 16.1 Å². The molecular weight excluding hydrogens is 244 g/mol. The number of carboxylic acids is 1. The van der Waals surface area contributed by atoms with Crippen molar-refractivity contribution in [2.75, 3.05) is 6.61 Å². The lowest BCUT2D eigenvalue weighted by atomic mass is 10.2. The fourth-order valence-electron chi connectivity index (χ4n) is 1.15. The molecule has 0 amide bonds. The molecule has 0 aliphatic carbocycles. The van der Waals surface area contributed by atoms with Crippen LogP contribution in [0.3, 0.4) is 0 Å². The van der Waals surface area contributed by atoms with E-state index in [9.17, 15) is 9.90 Å². The Morgan fingerprint density at radius 3 is 2.42 bits per heavy atom. The van der Waals surface area contributed by atoms with Gasteiger partial charge in [0, 0.05) is 6.42 Å². The van der Waals surface area contributed by atoms with Gasteiger partial charge < -0.3 is 14.9 Å². The highest BCUT2D eigenvalue weighted by molar-refractivity contribution is 5.66. The molecule has 0 saturated heterocycles. The monoisotopic (exact) mass is 266 g/mol. The number of rotatable bonds is 6. The summed E-state index contributed by atoms with van der Waals surface area (Å²) in [6.45, 7) is 4.37. The van der Waals surface area contributed by atoms with Gasteiger partial charge in [0.25, 0.3) is 0 Å². The van der Waals surface area contributed by atoms with E-state index in [1.807, 2.05) is 43.3 Å². The number of aliphatic carboxylic acids is 1. The summed E-state index contributed by atoms with van der Waals surface area (Å²) in [5.41, 5.74) is 1.13. The molecule has 1 aromatic carbocycles. The minimum Gasteiger partial charge on any atom is -0.481 e. The van der Waals surface area contributed by atoms with E-state index in [-0.39, 0.29) is 6.42 Å². The van der Waals surface area contributed by atoms with Crippen LogP contribution in [0.25, 0.3) is 0 Å². The van der Waals surface area contributed by atoms with E-state index in [1.165, 1.54) is 0 Å². The molecular formula is C15H22O4. The summed E-state index contributed by atoms with van der Waals surface area (Å²) in [5.74, 6) is -0.745. The second-order valence-corrected chi connectivity index (χ2v) is 3.84. The minimum atomic E-state index is -0.745. The third-order valence-electron chi connectivity index (χ3n) is 2.12. The van der Waals surface area contributed by atoms with Crippen LogP contribution in [0.2, 0.25) is 0 Å². The van der Waals surface area contributed by atoms with Gasteiger partial charge in [-0.1, -0.05) is 49.4 Å². The van der Waals surface area contributed by atoms with Crippen molar-refractivity contribution >= 4 is 5.97 Å². The average molecular weight is 266 g/mol. The van der Waals surface area contributed by atoms with E-state index >= 15 is 0 Å². The molecule has 19 heavy (non-hydrogen) atoms. The minimum absolute atomic E-state index is 0.222. The molecule has 0 heterocycles. The molecule has 1 rings (SSSR count). The van der Waals surface area contributed by atoms with Crippen LogP contribution in [0, 0.1) is 0 Å². The summed E-state index contributed by atoms with van der Waals surface area (Å²) in [6, 6.07) is 9.92. The molecule has 0 unspecified atom stereocenters. The molecule has 0 aliphatic heterocycles. The maximum atomic E-state index is 9.37. The van der Waals surface area contributed by atoms with Crippen molar-refractivity contribution in [2.45, 2.75) is 33.0 Å². The van der Waals surface area contributed by atoms with Crippen molar-refractivity contribution < 1.29 is 19.7 Å². The third-order valence-corrected chi connectivity index (χ3v) is 2.12.